The number of benzene rings is 2. The predicted octanol–water partition coefficient (Wildman–Crippen LogP) is 5.62. The Hall–Kier alpha value is -2.18. The molecule has 0 unspecified atom stereocenters. The molecule has 0 aliphatic rings. The maximum Gasteiger partial charge on any atom is 0.0933 e. The molecule has 2 heterocycles. The van der Waals surface area contributed by atoms with Gasteiger partial charge in [0, 0.05) is 39.2 Å². The van der Waals surface area contributed by atoms with Gasteiger partial charge in [-0.3, -0.25) is 9.97 Å². The zero-order valence-corrected chi connectivity index (χ0v) is 16.7. The second-order valence-electron chi connectivity index (χ2n) is 5.35. The largest absolute Gasteiger partial charge is 0.397 e. The maximum atomic E-state index is 5.76. The van der Waals surface area contributed by atoms with Gasteiger partial charge < -0.3 is 11.1 Å². The molecule has 0 radical (unpaired) electrons. The third-order valence-corrected chi connectivity index (χ3v) is 4.55. The minimum atomic E-state index is 0.708. The third kappa shape index (κ3) is 4.08. The van der Waals surface area contributed by atoms with Crippen molar-refractivity contribution in [1.29, 1.82) is 0 Å². The number of hydrogen-bond donors (Lipinski definition) is 2. The predicted molar refractivity (Wildman–Crippen MR) is 113 cm³/mol. The number of halogens is 2. The summed E-state index contributed by atoms with van der Waals surface area (Å²) in [6.45, 7) is 0. The normalized spacial score (nSPS) is 10.4. The fourth-order valence-electron chi connectivity index (χ4n) is 2.53. The van der Waals surface area contributed by atoms with E-state index in [0.29, 0.717) is 5.69 Å². The van der Waals surface area contributed by atoms with E-state index in [0.717, 1.165) is 36.4 Å². The molecule has 2 aromatic heterocycles. The number of aromatic nitrogens is 2. The zero-order chi connectivity index (χ0) is 17.8. The maximum absolute atomic E-state index is 5.76. The van der Waals surface area contributed by atoms with Crippen molar-refractivity contribution in [3.05, 3.63) is 69.9 Å². The molecule has 0 fully saturated rings. The second kappa shape index (κ2) is 7.80. The molecular weight excluding hydrogens is 444 g/mol. The van der Waals surface area contributed by atoms with E-state index >= 15 is 0 Å². The van der Waals surface area contributed by atoms with E-state index in [1.54, 1.807) is 12.4 Å². The van der Waals surface area contributed by atoms with Crippen molar-refractivity contribution in [2.75, 3.05) is 18.1 Å². The molecule has 0 bridgehead atoms. The first kappa shape index (κ1) is 17.6. The molecule has 2 aromatic carbocycles. The highest BCUT2D eigenvalue weighted by molar-refractivity contribution is 9.10. The lowest BCUT2D eigenvalue weighted by Gasteiger charge is -2.05. The van der Waals surface area contributed by atoms with E-state index in [-0.39, 0.29) is 0 Å². The van der Waals surface area contributed by atoms with Gasteiger partial charge in [0.2, 0.25) is 0 Å². The minimum absolute atomic E-state index is 0.708. The van der Waals surface area contributed by atoms with Crippen LogP contribution >= 0.6 is 31.9 Å². The topological polar surface area (TPSA) is 63.8 Å². The number of rotatable bonds is 1. The number of nitrogens with one attached hydrogen (secondary N) is 1. The molecule has 25 heavy (non-hydrogen) atoms. The molecule has 0 aliphatic heterocycles. The van der Waals surface area contributed by atoms with Crippen LogP contribution in [0.3, 0.4) is 0 Å². The summed E-state index contributed by atoms with van der Waals surface area (Å²) in [5.41, 5.74) is 9.39. The summed E-state index contributed by atoms with van der Waals surface area (Å²) >= 11 is 6.83. The van der Waals surface area contributed by atoms with Crippen LogP contribution in [0.25, 0.3) is 21.8 Å². The number of nitrogen functional groups attached to an aromatic ring is 1. The molecule has 3 N–H and O–H groups in total. The molecule has 0 amide bonds. The average molecular weight is 460 g/mol. The number of nitrogens with two attached hydrogens (primary N) is 1. The lowest BCUT2D eigenvalue weighted by Crippen LogP contribution is -1.91. The first-order chi connectivity index (χ1) is 12.1. The molecule has 0 saturated heterocycles. The van der Waals surface area contributed by atoms with Gasteiger partial charge in [-0.1, -0.05) is 44.0 Å². The van der Waals surface area contributed by atoms with Crippen LogP contribution in [-0.4, -0.2) is 17.0 Å². The van der Waals surface area contributed by atoms with E-state index < -0.39 is 0 Å². The molecule has 4 rings (SSSR count). The Morgan fingerprint density at radius 2 is 1.40 bits per heavy atom. The van der Waals surface area contributed by atoms with Gasteiger partial charge in [0.05, 0.1) is 22.4 Å². The SMILES string of the molecule is CNc1cc(Br)cc2cccnc12.Nc1cc(Br)cc2cccnc12. The van der Waals surface area contributed by atoms with Gasteiger partial charge >= 0.3 is 0 Å². The van der Waals surface area contributed by atoms with Crippen LogP contribution in [0.2, 0.25) is 0 Å². The summed E-state index contributed by atoms with van der Waals surface area (Å²) < 4.78 is 2.05. The van der Waals surface area contributed by atoms with Crippen LogP contribution in [0.5, 0.6) is 0 Å². The van der Waals surface area contributed by atoms with Crippen LogP contribution in [0.4, 0.5) is 11.4 Å². The fraction of sp³-hybridized carbons (Fsp3) is 0.0526. The van der Waals surface area contributed by atoms with Gasteiger partial charge in [0.1, 0.15) is 0 Å². The highest BCUT2D eigenvalue weighted by atomic mass is 79.9. The quantitative estimate of drug-likeness (QED) is 0.362. The lowest BCUT2D eigenvalue weighted by molar-refractivity contribution is 1.39. The second-order valence-corrected chi connectivity index (χ2v) is 7.18. The van der Waals surface area contributed by atoms with Gasteiger partial charge in [-0.2, -0.15) is 0 Å². The molecule has 6 heteroatoms. The van der Waals surface area contributed by atoms with Crippen LogP contribution in [0, 0.1) is 0 Å². The Kier molecular flexibility index (Phi) is 5.50. The minimum Gasteiger partial charge on any atom is -0.397 e. The van der Waals surface area contributed by atoms with Gasteiger partial charge in [-0.05, 0) is 36.4 Å². The van der Waals surface area contributed by atoms with Crippen molar-refractivity contribution in [2.45, 2.75) is 0 Å². The molecule has 4 aromatic rings. The Bertz CT molecular complexity index is 1030. The number of hydrogen-bond acceptors (Lipinski definition) is 4. The van der Waals surface area contributed by atoms with Crippen LogP contribution in [0.15, 0.2) is 69.9 Å². The summed E-state index contributed by atoms with van der Waals surface area (Å²) in [6, 6.07) is 15.8. The van der Waals surface area contributed by atoms with Crippen molar-refractivity contribution in [2.24, 2.45) is 0 Å². The van der Waals surface area contributed by atoms with E-state index in [1.165, 1.54) is 0 Å². The molecule has 0 atom stereocenters. The summed E-state index contributed by atoms with van der Waals surface area (Å²) in [4.78, 5) is 8.49. The Morgan fingerprint density at radius 1 is 0.840 bits per heavy atom. The van der Waals surface area contributed by atoms with Crippen LogP contribution in [-0.2, 0) is 0 Å². The van der Waals surface area contributed by atoms with Crippen molar-refractivity contribution >= 4 is 65.0 Å². The molecule has 126 valence electrons. The monoisotopic (exact) mass is 458 g/mol. The lowest BCUT2D eigenvalue weighted by atomic mass is 10.2. The number of nitrogens with zero attached hydrogens (tertiary/aromatic N) is 2. The van der Waals surface area contributed by atoms with Crippen molar-refractivity contribution in [1.82, 2.24) is 9.97 Å². The van der Waals surface area contributed by atoms with Gasteiger partial charge in [0.15, 0.2) is 0 Å². The highest BCUT2D eigenvalue weighted by Gasteiger charge is 2.01. The highest BCUT2D eigenvalue weighted by Crippen LogP contribution is 2.26. The Balaban J connectivity index is 0.000000146. The molecule has 4 nitrogen and oxygen atoms in total. The van der Waals surface area contributed by atoms with E-state index in [2.05, 4.69) is 53.2 Å². The first-order valence-corrected chi connectivity index (χ1v) is 9.19. The van der Waals surface area contributed by atoms with Crippen molar-refractivity contribution in [3.63, 3.8) is 0 Å². The van der Waals surface area contributed by atoms with Gasteiger partial charge in [-0.15, -0.1) is 0 Å². The van der Waals surface area contributed by atoms with Crippen LogP contribution in [0.1, 0.15) is 0 Å². The summed E-state index contributed by atoms with van der Waals surface area (Å²) in [5, 5.41) is 5.32. The first-order valence-electron chi connectivity index (χ1n) is 7.60. The summed E-state index contributed by atoms with van der Waals surface area (Å²) in [5.74, 6) is 0. The standard InChI is InChI=1S/C10H9BrN2.C9H7BrN2/c1-12-9-6-8(11)5-7-3-2-4-13-10(7)9;10-7-4-6-2-1-3-12-9(6)8(11)5-7/h2-6,12H,1H3;1-5H,11H2. The zero-order valence-electron chi connectivity index (χ0n) is 13.5. The molecular formula is C19H16Br2N4. The molecule has 0 spiro atoms. The molecule has 0 aliphatic carbocycles. The average Bonchev–Trinajstić information content (AvgIpc) is 2.61. The fourth-order valence-corrected chi connectivity index (χ4v) is 3.50. The third-order valence-electron chi connectivity index (χ3n) is 3.64. The Morgan fingerprint density at radius 3 is 2.04 bits per heavy atom. The Labute approximate surface area is 162 Å². The van der Waals surface area contributed by atoms with E-state index in [4.69, 9.17) is 5.73 Å². The smallest absolute Gasteiger partial charge is 0.0933 e. The number of fused-ring (bicyclic) bond motifs is 2. The van der Waals surface area contributed by atoms with Gasteiger partial charge in [-0.25, -0.2) is 0 Å². The number of anilines is 2. The number of pyridine rings is 2. The molecule has 0 saturated carbocycles. The van der Waals surface area contributed by atoms with E-state index in [1.807, 2.05) is 49.5 Å². The van der Waals surface area contributed by atoms with Crippen LogP contribution < -0.4 is 11.1 Å². The summed E-state index contributed by atoms with van der Waals surface area (Å²) in [7, 11) is 1.90. The van der Waals surface area contributed by atoms with Crippen molar-refractivity contribution in [3.8, 4) is 0 Å². The summed E-state index contributed by atoms with van der Waals surface area (Å²) in [6.07, 6.45) is 3.55. The van der Waals surface area contributed by atoms with Gasteiger partial charge in [0.25, 0.3) is 0 Å². The van der Waals surface area contributed by atoms with Crippen molar-refractivity contribution < 1.29 is 0 Å². The van der Waals surface area contributed by atoms with E-state index in [9.17, 15) is 0 Å².